The number of benzene rings is 2. The minimum Gasteiger partial charge on any atom is -0.493 e. The molecule has 2 rings (SSSR count). The molecule has 0 aliphatic heterocycles. The Bertz CT molecular complexity index is 775. The normalized spacial score (nSPS) is 12.4. The summed E-state index contributed by atoms with van der Waals surface area (Å²) in [6.07, 6.45) is 2.01. The van der Waals surface area contributed by atoms with Gasteiger partial charge >= 0.3 is 0 Å². The number of nitrogens with one attached hydrogen (secondary N) is 1. The Hall–Kier alpha value is -2.49. The number of rotatable bonds is 8. The van der Waals surface area contributed by atoms with Gasteiger partial charge in [-0.2, -0.15) is 0 Å². The first-order valence-corrected chi connectivity index (χ1v) is 9.89. The summed E-state index contributed by atoms with van der Waals surface area (Å²) in [5, 5.41) is 3.14. The van der Waals surface area contributed by atoms with E-state index in [0.717, 1.165) is 18.4 Å². The van der Waals surface area contributed by atoms with Crippen LogP contribution >= 0.6 is 0 Å². The molecule has 2 aromatic rings. The summed E-state index contributed by atoms with van der Waals surface area (Å²) in [5.74, 6) is 1.42. The van der Waals surface area contributed by atoms with Gasteiger partial charge in [0.25, 0.3) is 0 Å². The number of hydrogen-bond acceptors (Lipinski definition) is 3. The molecule has 4 nitrogen and oxygen atoms in total. The molecular weight excluding hydrogens is 350 g/mol. The quantitative estimate of drug-likeness (QED) is 0.681. The second kappa shape index (κ2) is 9.63. The van der Waals surface area contributed by atoms with E-state index in [2.05, 4.69) is 57.3 Å². The van der Waals surface area contributed by atoms with Crippen molar-refractivity contribution in [1.82, 2.24) is 5.32 Å². The highest BCUT2D eigenvalue weighted by Gasteiger charge is 2.16. The van der Waals surface area contributed by atoms with Crippen LogP contribution in [0.1, 0.15) is 63.3 Å². The fraction of sp³-hybridized carbons (Fsp3) is 0.458. The van der Waals surface area contributed by atoms with E-state index in [9.17, 15) is 4.79 Å². The molecule has 0 heterocycles. The van der Waals surface area contributed by atoms with Gasteiger partial charge in [-0.3, -0.25) is 4.79 Å². The van der Waals surface area contributed by atoms with Crippen LogP contribution in [0.4, 0.5) is 0 Å². The first-order valence-electron chi connectivity index (χ1n) is 9.89. The number of ether oxygens (including phenoxy) is 2. The van der Waals surface area contributed by atoms with E-state index in [-0.39, 0.29) is 17.4 Å². The molecule has 0 spiro atoms. The Balaban J connectivity index is 1.97. The minimum atomic E-state index is -0.0458. The highest BCUT2D eigenvalue weighted by molar-refractivity contribution is 5.76. The maximum absolute atomic E-state index is 12.5. The van der Waals surface area contributed by atoms with Crippen LogP contribution in [0.2, 0.25) is 0 Å². The molecule has 0 saturated heterocycles. The van der Waals surface area contributed by atoms with E-state index < -0.39 is 0 Å². The molecule has 0 aliphatic carbocycles. The standard InChI is InChI=1S/C24H33NO3/c1-7-20(18-11-14-21(27-5)22(16-18)28-6)25-23(26)15-10-17-8-12-19(13-9-17)24(2,3)4/h8-9,11-14,16,20H,7,10,15H2,1-6H3,(H,25,26)/t20-/m1/s1. The molecule has 28 heavy (non-hydrogen) atoms. The predicted molar refractivity (Wildman–Crippen MR) is 114 cm³/mol. The van der Waals surface area contributed by atoms with Crippen LogP contribution in [0.15, 0.2) is 42.5 Å². The topological polar surface area (TPSA) is 47.6 Å². The lowest BCUT2D eigenvalue weighted by molar-refractivity contribution is -0.121. The second-order valence-corrected chi connectivity index (χ2v) is 8.09. The molecule has 0 radical (unpaired) electrons. The lowest BCUT2D eigenvalue weighted by atomic mass is 9.86. The average Bonchev–Trinajstić information content (AvgIpc) is 2.69. The molecule has 1 N–H and O–H groups in total. The Morgan fingerprint density at radius 2 is 1.64 bits per heavy atom. The van der Waals surface area contributed by atoms with Crippen molar-refractivity contribution >= 4 is 5.91 Å². The van der Waals surface area contributed by atoms with E-state index in [0.29, 0.717) is 17.9 Å². The van der Waals surface area contributed by atoms with Crippen molar-refractivity contribution < 1.29 is 14.3 Å². The van der Waals surface area contributed by atoms with Crippen LogP contribution in [-0.4, -0.2) is 20.1 Å². The third kappa shape index (κ3) is 5.75. The highest BCUT2D eigenvalue weighted by Crippen LogP contribution is 2.31. The summed E-state index contributed by atoms with van der Waals surface area (Å²) in [6, 6.07) is 14.3. The summed E-state index contributed by atoms with van der Waals surface area (Å²) in [4.78, 5) is 12.5. The van der Waals surface area contributed by atoms with Crippen molar-refractivity contribution in [2.75, 3.05) is 14.2 Å². The summed E-state index contributed by atoms with van der Waals surface area (Å²) in [6.45, 7) is 8.67. The molecule has 4 heteroatoms. The number of amides is 1. The summed E-state index contributed by atoms with van der Waals surface area (Å²) in [7, 11) is 3.23. The number of carbonyl (C=O) groups excluding carboxylic acids is 1. The van der Waals surface area contributed by atoms with Gasteiger partial charge in [0.15, 0.2) is 11.5 Å². The Labute approximate surface area is 169 Å². The molecule has 0 bridgehead atoms. The SMILES string of the molecule is CC[C@@H](NC(=O)CCc1ccc(C(C)(C)C)cc1)c1ccc(OC)c(OC)c1. The van der Waals surface area contributed by atoms with Gasteiger partial charge in [0.2, 0.25) is 5.91 Å². The smallest absolute Gasteiger partial charge is 0.220 e. The molecule has 0 fully saturated rings. The van der Waals surface area contributed by atoms with Gasteiger partial charge in [-0.1, -0.05) is 58.0 Å². The zero-order valence-electron chi connectivity index (χ0n) is 18.0. The molecule has 152 valence electrons. The lowest BCUT2D eigenvalue weighted by Gasteiger charge is -2.20. The van der Waals surface area contributed by atoms with Crippen molar-refractivity contribution in [3.8, 4) is 11.5 Å². The largest absolute Gasteiger partial charge is 0.493 e. The third-order valence-electron chi connectivity index (χ3n) is 5.01. The zero-order chi connectivity index (χ0) is 20.7. The van der Waals surface area contributed by atoms with Gasteiger partial charge in [-0.05, 0) is 47.1 Å². The van der Waals surface area contributed by atoms with Crippen LogP contribution in [-0.2, 0) is 16.6 Å². The molecule has 0 saturated carbocycles. The first-order chi connectivity index (χ1) is 13.3. The average molecular weight is 384 g/mol. The Kier molecular flexibility index (Phi) is 7.50. The Morgan fingerprint density at radius 3 is 2.18 bits per heavy atom. The maximum atomic E-state index is 12.5. The first kappa shape index (κ1) is 21.8. The molecule has 0 unspecified atom stereocenters. The van der Waals surface area contributed by atoms with E-state index in [4.69, 9.17) is 9.47 Å². The third-order valence-corrected chi connectivity index (χ3v) is 5.01. The van der Waals surface area contributed by atoms with Crippen LogP contribution in [0.25, 0.3) is 0 Å². The van der Waals surface area contributed by atoms with Crippen LogP contribution in [0.3, 0.4) is 0 Å². The number of hydrogen-bond donors (Lipinski definition) is 1. The van der Waals surface area contributed by atoms with Crippen molar-refractivity contribution in [2.45, 2.75) is 58.4 Å². The van der Waals surface area contributed by atoms with Crippen molar-refractivity contribution in [2.24, 2.45) is 0 Å². The minimum absolute atomic E-state index is 0.0458. The lowest BCUT2D eigenvalue weighted by Crippen LogP contribution is -2.28. The van der Waals surface area contributed by atoms with Gasteiger partial charge in [0.1, 0.15) is 0 Å². The summed E-state index contributed by atoms with van der Waals surface area (Å²) >= 11 is 0. The van der Waals surface area contributed by atoms with Crippen molar-refractivity contribution in [3.05, 3.63) is 59.2 Å². The van der Waals surface area contributed by atoms with Gasteiger partial charge in [-0.15, -0.1) is 0 Å². The van der Waals surface area contributed by atoms with Crippen molar-refractivity contribution in [3.63, 3.8) is 0 Å². The van der Waals surface area contributed by atoms with E-state index in [1.807, 2.05) is 18.2 Å². The van der Waals surface area contributed by atoms with Crippen LogP contribution < -0.4 is 14.8 Å². The number of methoxy groups -OCH3 is 2. The van der Waals surface area contributed by atoms with Gasteiger partial charge in [-0.25, -0.2) is 0 Å². The van der Waals surface area contributed by atoms with Crippen LogP contribution in [0.5, 0.6) is 11.5 Å². The van der Waals surface area contributed by atoms with Gasteiger partial charge < -0.3 is 14.8 Å². The second-order valence-electron chi connectivity index (χ2n) is 8.09. The molecule has 0 aliphatic rings. The van der Waals surface area contributed by atoms with Crippen LogP contribution in [0, 0.1) is 0 Å². The number of aryl methyl sites for hydroxylation is 1. The summed E-state index contributed by atoms with van der Waals surface area (Å²) < 4.78 is 10.7. The zero-order valence-corrected chi connectivity index (χ0v) is 18.0. The Morgan fingerprint density at radius 1 is 1.00 bits per heavy atom. The van der Waals surface area contributed by atoms with Gasteiger partial charge in [0.05, 0.1) is 20.3 Å². The predicted octanol–water partition coefficient (Wildman–Crippen LogP) is 5.20. The fourth-order valence-electron chi connectivity index (χ4n) is 3.19. The van der Waals surface area contributed by atoms with E-state index >= 15 is 0 Å². The van der Waals surface area contributed by atoms with Crippen molar-refractivity contribution in [1.29, 1.82) is 0 Å². The van der Waals surface area contributed by atoms with Gasteiger partial charge in [0, 0.05) is 6.42 Å². The molecule has 1 amide bonds. The van der Waals surface area contributed by atoms with E-state index in [1.54, 1.807) is 14.2 Å². The number of carbonyl (C=O) groups is 1. The molecule has 0 aromatic heterocycles. The monoisotopic (exact) mass is 383 g/mol. The molecular formula is C24H33NO3. The molecule has 1 atom stereocenters. The summed E-state index contributed by atoms with van der Waals surface area (Å²) in [5.41, 5.74) is 3.65. The maximum Gasteiger partial charge on any atom is 0.220 e. The van der Waals surface area contributed by atoms with E-state index in [1.165, 1.54) is 11.1 Å². The molecule has 2 aromatic carbocycles. The fourth-order valence-corrected chi connectivity index (χ4v) is 3.19. The highest BCUT2D eigenvalue weighted by atomic mass is 16.5.